The molecule has 0 aliphatic carbocycles. The monoisotopic (exact) mass is 345 g/mol. The fourth-order valence-corrected chi connectivity index (χ4v) is 6.93. The molecule has 0 fully saturated rings. The Hall–Kier alpha value is -0.453. The maximum absolute atomic E-state index is 6.91. The molecule has 1 aliphatic heterocycles. The normalized spacial score (nSPS) is 18.1. The van der Waals surface area contributed by atoms with Crippen LogP contribution in [0.2, 0.25) is 0 Å². The molecule has 1 aromatic heterocycles. The van der Waals surface area contributed by atoms with Crippen molar-refractivity contribution in [3.8, 4) is 0 Å². The van der Waals surface area contributed by atoms with Crippen LogP contribution in [0.15, 0.2) is 18.5 Å². The van der Waals surface area contributed by atoms with Crippen molar-refractivity contribution in [2.75, 3.05) is 22.2 Å². The molecular weight excluding hydrogens is 321 g/mol. The van der Waals surface area contributed by atoms with E-state index in [-0.39, 0.29) is 10.8 Å². The van der Waals surface area contributed by atoms with Crippen LogP contribution in [0.5, 0.6) is 0 Å². The maximum atomic E-state index is 6.91. The third kappa shape index (κ3) is 3.66. The van der Waals surface area contributed by atoms with Crippen molar-refractivity contribution >= 4 is 40.5 Å². The van der Waals surface area contributed by atoms with Crippen molar-refractivity contribution in [3.63, 3.8) is 0 Å². The molecule has 1 aliphatic rings. The van der Waals surface area contributed by atoms with Crippen molar-refractivity contribution in [1.29, 1.82) is 0 Å². The molecule has 2 heterocycles. The zero-order chi connectivity index (χ0) is 16.1. The van der Waals surface area contributed by atoms with Crippen molar-refractivity contribution in [2.45, 2.75) is 41.5 Å². The lowest BCUT2D eigenvalue weighted by Crippen LogP contribution is -2.58. The largest absolute Gasteiger partial charge is 0.470 e. The number of pyridine rings is 1. The van der Waals surface area contributed by atoms with Gasteiger partial charge in [-0.15, -0.1) is 0 Å². The summed E-state index contributed by atoms with van der Waals surface area (Å²) >= 11 is 13.8. The molecule has 118 valence electrons. The van der Waals surface area contributed by atoms with Crippen molar-refractivity contribution in [1.82, 2.24) is 4.98 Å². The van der Waals surface area contributed by atoms with E-state index in [9.17, 15) is 0 Å². The number of fused-ring (bicyclic) bond motifs is 1. The van der Waals surface area contributed by atoms with Gasteiger partial charge in [0.15, 0.2) is 0 Å². The Morgan fingerprint density at radius 3 is 1.90 bits per heavy atom. The van der Waals surface area contributed by atoms with Gasteiger partial charge < -0.3 is 9.13 Å². The van der Waals surface area contributed by atoms with E-state index >= 15 is 0 Å². The fraction of sp³-hybridized carbons (Fsp3) is 0.667. The summed E-state index contributed by atoms with van der Waals surface area (Å²) in [6, 6.07) is 2.02. The molecule has 1 aromatic rings. The first-order valence-electron chi connectivity index (χ1n) is 7.29. The molecule has 0 N–H and O–H groups in total. The van der Waals surface area contributed by atoms with Crippen LogP contribution >= 0.6 is 22.2 Å². The highest BCUT2D eigenvalue weighted by atomic mass is 35.7. The lowest BCUT2D eigenvalue weighted by Gasteiger charge is -2.38. The number of anilines is 2. The first-order valence-corrected chi connectivity index (χ1v) is 11.2. The van der Waals surface area contributed by atoms with Gasteiger partial charge in [-0.1, -0.05) is 63.7 Å². The molecule has 0 radical (unpaired) electrons. The summed E-state index contributed by atoms with van der Waals surface area (Å²) in [5, 5.41) is 0. The number of halogens is 2. The van der Waals surface area contributed by atoms with Gasteiger partial charge in [0.05, 0.1) is 17.6 Å². The minimum Gasteiger partial charge on any atom is -0.355 e. The molecule has 6 heteroatoms. The van der Waals surface area contributed by atoms with Crippen LogP contribution in [0, 0.1) is 10.8 Å². The number of rotatable bonds is 2. The van der Waals surface area contributed by atoms with E-state index in [1.165, 1.54) is 0 Å². The zero-order valence-electron chi connectivity index (χ0n) is 13.7. The van der Waals surface area contributed by atoms with Crippen molar-refractivity contribution in [3.05, 3.63) is 18.5 Å². The van der Waals surface area contributed by atoms with Crippen LogP contribution in [0.4, 0.5) is 11.4 Å². The number of nitrogens with zero attached hydrogens (tertiary/aromatic N) is 3. The van der Waals surface area contributed by atoms with E-state index in [1.54, 1.807) is 0 Å². The Bertz CT molecular complexity index is 475. The van der Waals surface area contributed by atoms with Crippen LogP contribution in [0.3, 0.4) is 0 Å². The highest BCUT2D eigenvalue weighted by Gasteiger charge is 2.53. The van der Waals surface area contributed by atoms with Crippen LogP contribution in [0.25, 0.3) is 0 Å². The van der Waals surface area contributed by atoms with Gasteiger partial charge in [-0.05, 0) is 16.9 Å². The average Bonchev–Trinajstić information content (AvgIpc) is 2.48. The Labute approximate surface area is 138 Å². The first kappa shape index (κ1) is 16.9. The summed E-state index contributed by atoms with van der Waals surface area (Å²) in [5.74, 6) is 0. The Morgan fingerprint density at radius 2 is 1.43 bits per heavy atom. The lowest BCUT2D eigenvalue weighted by atomic mass is 9.96. The molecule has 0 saturated carbocycles. The van der Waals surface area contributed by atoms with E-state index < -0.39 is 7.02 Å². The van der Waals surface area contributed by atoms with E-state index in [4.69, 9.17) is 22.2 Å². The molecular formula is C15H25Cl2N3Si. The molecule has 0 spiro atoms. The van der Waals surface area contributed by atoms with Crippen LogP contribution < -0.4 is 9.13 Å². The smallest absolute Gasteiger partial charge is 0.355 e. The highest BCUT2D eigenvalue weighted by molar-refractivity contribution is 7.48. The van der Waals surface area contributed by atoms with Crippen LogP contribution in [-0.4, -0.2) is 25.1 Å². The van der Waals surface area contributed by atoms with Gasteiger partial charge in [0.2, 0.25) is 0 Å². The minimum absolute atomic E-state index is 0.118. The lowest BCUT2D eigenvalue weighted by molar-refractivity contribution is 0.425. The van der Waals surface area contributed by atoms with Crippen molar-refractivity contribution in [2.24, 2.45) is 10.8 Å². The summed E-state index contributed by atoms with van der Waals surface area (Å²) in [4.78, 5) is 4.27. The van der Waals surface area contributed by atoms with E-state index in [0.717, 1.165) is 24.5 Å². The van der Waals surface area contributed by atoms with E-state index in [0.29, 0.717) is 0 Å². The van der Waals surface area contributed by atoms with E-state index in [1.807, 2.05) is 18.5 Å². The second-order valence-corrected chi connectivity index (χ2v) is 14.0. The second-order valence-electron chi connectivity index (χ2n) is 8.17. The molecule has 0 amide bonds. The SMILES string of the molecule is CC(C)(C)CN1c2ccncc2N(CC(C)(C)C)[Si]1(Cl)Cl. The maximum Gasteiger partial charge on any atom is 0.470 e. The molecule has 0 aromatic carbocycles. The zero-order valence-corrected chi connectivity index (χ0v) is 16.3. The molecule has 0 saturated heterocycles. The summed E-state index contributed by atoms with van der Waals surface area (Å²) in [5.41, 5.74) is 2.42. The minimum atomic E-state index is -2.75. The number of aromatic nitrogens is 1. The predicted octanol–water partition coefficient (Wildman–Crippen LogP) is 4.71. The van der Waals surface area contributed by atoms with Gasteiger partial charge >= 0.3 is 7.02 Å². The van der Waals surface area contributed by atoms with Crippen LogP contribution in [-0.2, 0) is 0 Å². The van der Waals surface area contributed by atoms with E-state index in [2.05, 4.69) is 55.7 Å². The quantitative estimate of drug-likeness (QED) is 0.571. The fourth-order valence-electron chi connectivity index (χ4n) is 2.56. The first-order chi connectivity index (χ1) is 9.42. The predicted molar refractivity (Wildman–Crippen MR) is 95.3 cm³/mol. The summed E-state index contributed by atoms with van der Waals surface area (Å²) in [7, 11) is -2.75. The second kappa shape index (κ2) is 5.32. The summed E-state index contributed by atoms with van der Waals surface area (Å²) in [6.45, 7) is 14.9. The van der Waals surface area contributed by atoms with Gasteiger partial charge in [0.25, 0.3) is 0 Å². The summed E-state index contributed by atoms with van der Waals surface area (Å²) < 4.78 is 4.39. The molecule has 0 atom stereocenters. The van der Waals surface area contributed by atoms with Gasteiger partial charge in [-0.25, -0.2) is 0 Å². The Balaban J connectivity index is 2.45. The van der Waals surface area contributed by atoms with Gasteiger partial charge in [0, 0.05) is 19.3 Å². The molecule has 3 nitrogen and oxygen atoms in total. The Morgan fingerprint density at radius 1 is 0.952 bits per heavy atom. The van der Waals surface area contributed by atoms with Gasteiger partial charge in [0.1, 0.15) is 0 Å². The number of hydrogen-bond donors (Lipinski definition) is 0. The van der Waals surface area contributed by atoms with Gasteiger partial charge in [-0.3, -0.25) is 4.98 Å². The third-order valence-electron chi connectivity index (χ3n) is 3.27. The number of hydrogen-bond acceptors (Lipinski definition) is 3. The van der Waals surface area contributed by atoms with Crippen LogP contribution in [0.1, 0.15) is 41.5 Å². The molecule has 21 heavy (non-hydrogen) atoms. The standard InChI is InChI=1S/C15H25Cl2N3Si/c1-14(2,3)10-19-12-7-8-18-9-13(12)20(21(19,16)17)11-15(4,5)6/h7-9H,10-11H2,1-6H3. The molecule has 0 bridgehead atoms. The average molecular weight is 346 g/mol. The highest BCUT2D eigenvalue weighted by Crippen LogP contribution is 2.48. The summed E-state index contributed by atoms with van der Waals surface area (Å²) in [6.07, 6.45) is 3.70. The van der Waals surface area contributed by atoms with Crippen molar-refractivity contribution < 1.29 is 0 Å². The third-order valence-corrected chi connectivity index (χ3v) is 7.82. The van der Waals surface area contributed by atoms with Gasteiger partial charge in [-0.2, -0.15) is 0 Å². The Kier molecular flexibility index (Phi) is 4.28. The molecule has 2 rings (SSSR count). The molecule has 0 unspecified atom stereocenters. The topological polar surface area (TPSA) is 19.4 Å².